The molecule has 1 heterocycles. The third-order valence-corrected chi connectivity index (χ3v) is 4.37. The molecule has 3 heteroatoms. The Labute approximate surface area is 133 Å². The van der Waals surface area contributed by atoms with Crippen LogP contribution in [0.2, 0.25) is 0 Å². The van der Waals surface area contributed by atoms with E-state index < -0.39 is 6.10 Å². The Morgan fingerprint density at radius 2 is 2.09 bits per heavy atom. The average molecular weight is 301 g/mol. The molecule has 1 aliphatic heterocycles. The van der Waals surface area contributed by atoms with Gasteiger partial charge in [-0.3, -0.25) is 4.79 Å². The number of carbonyl (C=O) groups is 1. The summed E-state index contributed by atoms with van der Waals surface area (Å²) in [5.74, 6) is 0.363. The molecule has 1 aromatic rings. The van der Waals surface area contributed by atoms with Crippen LogP contribution in [-0.4, -0.2) is 23.2 Å². The summed E-state index contributed by atoms with van der Waals surface area (Å²) in [7, 11) is 0. The Morgan fingerprint density at radius 3 is 2.77 bits per heavy atom. The number of unbranched alkanes of at least 4 members (excludes halogenated alkanes) is 1. The first-order chi connectivity index (χ1) is 10.6. The third-order valence-electron chi connectivity index (χ3n) is 4.37. The quantitative estimate of drug-likeness (QED) is 0.572. The van der Waals surface area contributed by atoms with Crippen LogP contribution in [0.4, 0.5) is 0 Å². The van der Waals surface area contributed by atoms with Gasteiger partial charge in [-0.2, -0.15) is 0 Å². The van der Waals surface area contributed by atoms with Crippen LogP contribution in [0.15, 0.2) is 42.5 Å². The molecule has 3 nitrogen and oxygen atoms in total. The van der Waals surface area contributed by atoms with E-state index in [9.17, 15) is 9.90 Å². The van der Waals surface area contributed by atoms with Gasteiger partial charge in [0.05, 0.1) is 6.10 Å². The summed E-state index contributed by atoms with van der Waals surface area (Å²) < 4.78 is 0. The number of aliphatic hydroxyl groups excluding tert-OH is 1. The van der Waals surface area contributed by atoms with Crippen molar-refractivity contribution < 1.29 is 9.90 Å². The molecular formula is C19H27NO2. The van der Waals surface area contributed by atoms with Crippen molar-refractivity contribution in [2.75, 3.05) is 0 Å². The van der Waals surface area contributed by atoms with Crippen LogP contribution >= 0.6 is 0 Å². The lowest BCUT2D eigenvalue weighted by Gasteiger charge is -2.16. The minimum absolute atomic E-state index is 0.104. The second-order valence-electron chi connectivity index (χ2n) is 6.30. The Bertz CT molecular complexity index is 483. The van der Waals surface area contributed by atoms with Crippen molar-refractivity contribution in [1.82, 2.24) is 5.32 Å². The number of benzene rings is 1. The number of hydrogen-bond donors (Lipinski definition) is 2. The van der Waals surface area contributed by atoms with Gasteiger partial charge in [-0.25, -0.2) is 0 Å². The zero-order valence-electron chi connectivity index (χ0n) is 13.4. The average Bonchev–Trinajstić information content (AvgIpc) is 2.95. The van der Waals surface area contributed by atoms with Crippen LogP contribution in [0.1, 0.15) is 44.6 Å². The predicted octanol–water partition coefficient (Wildman–Crippen LogP) is 3.23. The SMILES string of the molecule is C[C@H](CCCCc1ccccc1)[C@@H](O)/C=C/[C@H]1CCC(=O)N1. The molecule has 1 aliphatic rings. The van der Waals surface area contributed by atoms with Crippen LogP contribution in [0.3, 0.4) is 0 Å². The summed E-state index contributed by atoms with van der Waals surface area (Å²) >= 11 is 0. The highest BCUT2D eigenvalue weighted by Gasteiger charge is 2.18. The zero-order valence-corrected chi connectivity index (χ0v) is 13.4. The highest BCUT2D eigenvalue weighted by molar-refractivity contribution is 5.78. The lowest BCUT2D eigenvalue weighted by Crippen LogP contribution is -2.24. The molecule has 0 bridgehead atoms. The van der Waals surface area contributed by atoms with Gasteiger partial charge in [-0.1, -0.05) is 55.8 Å². The molecule has 0 saturated carbocycles. The molecule has 1 saturated heterocycles. The number of amides is 1. The van der Waals surface area contributed by atoms with Gasteiger partial charge in [0.15, 0.2) is 0 Å². The summed E-state index contributed by atoms with van der Waals surface area (Å²) in [5, 5.41) is 13.0. The molecule has 2 rings (SSSR count). The van der Waals surface area contributed by atoms with Crippen LogP contribution in [0, 0.1) is 5.92 Å². The summed E-state index contributed by atoms with van der Waals surface area (Å²) in [6.07, 6.45) is 9.21. The molecule has 120 valence electrons. The van der Waals surface area contributed by atoms with Crippen molar-refractivity contribution in [3.8, 4) is 0 Å². The van der Waals surface area contributed by atoms with E-state index in [1.807, 2.05) is 18.2 Å². The van der Waals surface area contributed by atoms with Gasteiger partial charge >= 0.3 is 0 Å². The second kappa shape index (κ2) is 8.74. The Hall–Kier alpha value is -1.61. The largest absolute Gasteiger partial charge is 0.389 e. The van der Waals surface area contributed by atoms with Crippen molar-refractivity contribution >= 4 is 5.91 Å². The number of rotatable bonds is 8. The monoisotopic (exact) mass is 301 g/mol. The van der Waals surface area contributed by atoms with Gasteiger partial charge in [-0.15, -0.1) is 0 Å². The molecule has 0 radical (unpaired) electrons. The fourth-order valence-electron chi connectivity index (χ4n) is 2.83. The van der Waals surface area contributed by atoms with Crippen LogP contribution in [0.25, 0.3) is 0 Å². The van der Waals surface area contributed by atoms with E-state index in [0.717, 1.165) is 32.1 Å². The van der Waals surface area contributed by atoms with Gasteiger partial charge in [0.2, 0.25) is 5.91 Å². The Balaban J connectivity index is 1.62. The van der Waals surface area contributed by atoms with Crippen molar-refractivity contribution in [2.24, 2.45) is 5.92 Å². The number of nitrogens with one attached hydrogen (secondary N) is 1. The second-order valence-corrected chi connectivity index (χ2v) is 6.30. The number of aliphatic hydroxyl groups is 1. The van der Waals surface area contributed by atoms with E-state index >= 15 is 0 Å². The first kappa shape index (κ1) is 16.8. The molecule has 1 amide bonds. The molecule has 2 N–H and O–H groups in total. The third kappa shape index (κ3) is 5.64. The molecule has 0 spiro atoms. The Morgan fingerprint density at radius 1 is 1.32 bits per heavy atom. The molecule has 0 aliphatic carbocycles. The minimum atomic E-state index is -0.422. The number of aryl methyl sites for hydroxylation is 1. The molecule has 1 aromatic carbocycles. The van der Waals surface area contributed by atoms with E-state index in [4.69, 9.17) is 0 Å². The van der Waals surface area contributed by atoms with E-state index in [-0.39, 0.29) is 17.9 Å². The fourth-order valence-corrected chi connectivity index (χ4v) is 2.83. The molecule has 1 fully saturated rings. The summed E-state index contributed by atoms with van der Waals surface area (Å²) in [6.45, 7) is 2.09. The van der Waals surface area contributed by atoms with Crippen molar-refractivity contribution in [3.05, 3.63) is 48.0 Å². The Kier molecular flexibility index (Phi) is 6.66. The molecular weight excluding hydrogens is 274 g/mol. The fraction of sp³-hybridized carbons (Fsp3) is 0.526. The maximum absolute atomic E-state index is 11.1. The first-order valence-electron chi connectivity index (χ1n) is 8.35. The van der Waals surface area contributed by atoms with E-state index in [1.165, 1.54) is 5.56 Å². The molecule has 0 aromatic heterocycles. The van der Waals surface area contributed by atoms with Gasteiger partial charge in [0.25, 0.3) is 0 Å². The van der Waals surface area contributed by atoms with Crippen molar-refractivity contribution in [2.45, 2.75) is 57.6 Å². The van der Waals surface area contributed by atoms with Crippen LogP contribution in [-0.2, 0) is 11.2 Å². The first-order valence-corrected chi connectivity index (χ1v) is 8.35. The van der Waals surface area contributed by atoms with Gasteiger partial charge in [0.1, 0.15) is 0 Å². The highest BCUT2D eigenvalue weighted by Crippen LogP contribution is 2.16. The number of carbonyl (C=O) groups excluding carboxylic acids is 1. The van der Waals surface area contributed by atoms with Crippen molar-refractivity contribution in [3.63, 3.8) is 0 Å². The minimum Gasteiger partial charge on any atom is -0.389 e. The maximum Gasteiger partial charge on any atom is 0.220 e. The topological polar surface area (TPSA) is 49.3 Å². The standard InChI is InChI=1S/C19H27NO2/c1-15(7-5-6-10-16-8-3-2-4-9-16)18(21)13-11-17-12-14-19(22)20-17/h2-4,8-9,11,13,15,17-18,21H,5-7,10,12,14H2,1H3,(H,20,22)/b13-11+/t15-,17+,18+/m1/s1. The smallest absolute Gasteiger partial charge is 0.220 e. The van der Waals surface area contributed by atoms with Gasteiger partial charge in [0, 0.05) is 12.5 Å². The summed E-state index contributed by atoms with van der Waals surface area (Å²) in [5.41, 5.74) is 1.38. The van der Waals surface area contributed by atoms with Crippen LogP contribution < -0.4 is 5.32 Å². The van der Waals surface area contributed by atoms with E-state index in [0.29, 0.717) is 6.42 Å². The van der Waals surface area contributed by atoms with Crippen LogP contribution in [0.5, 0.6) is 0 Å². The lowest BCUT2D eigenvalue weighted by atomic mass is 9.95. The van der Waals surface area contributed by atoms with Gasteiger partial charge < -0.3 is 10.4 Å². The molecule has 3 atom stereocenters. The van der Waals surface area contributed by atoms with Crippen molar-refractivity contribution in [1.29, 1.82) is 0 Å². The zero-order chi connectivity index (χ0) is 15.8. The van der Waals surface area contributed by atoms with Gasteiger partial charge in [-0.05, 0) is 37.2 Å². The lowest BCUT2D eigenvalue weighted by molar-refractivity contribution is -0.119. The molecule has 0 unspecified atom stereocenters. The van der Waals surface area contributed by atoms with E-state index in [2.05, 4.69) is 36.5 Å². The van der Waals surface area contributed by atoms with E-state index in [1.54, 1.807) is 0 Å². The summed E-state index contributed by atoms with van der Waals surface area (Å²) in [4.78, 5) is 11.1. The number of hydrogen-bond acceptors (Lipinski definition) is 2. The maximum atomic E-state index is 11.1. The normalized spacial score (nSPS) is 21.0. The predicted molar refractivity (Wildman–Crippen MR) is 89.5 cm³/mol. The summed E-state index contributed by atoms with van der Waals surface area (Å²) in [6, 6.07) is 10.6. The molecule has 22 heavy (non-hydrogen) atoms. The highest BCUT2D eigenvalue weighted by atomic mass is 16.3.